The minimum absolute atomic E-state index is 0.221. The van der Waals surface area contributed by atoms with Crippen molar-refractivity contribution >= 4 is 5.91 Å². The monoisotopic (exact) mass is 229 g/mol. The predicted octanol–water partition coefficient (Wildman–Crippen LogP) is 3.01. The fourth-order valence-corrected chi connectivity index (χ4v) is 3.72. The first-order valence-electron chi connectivity index (χ1n) is 6.51. The molecule has 1 saturated carbocycles. The van der Waals surface area contributed by atoms with Crippen molar-refractivity contribution in [3.8, 4) is 0 Å². The fraction of sp³-hybridized carbons (Fsp3) is 0.533. The Bertz CT molecular complexity index is 437. The van der Waals surface area contributed by atoms with Crippen LogP contribution in [0.4, 0.5) is 0 Å². The van der Waals surface area contributed by atoms with Crippen LogP contribution in [0.1, 0.15) is 38.3 Å². The molecule has 1 aliphatic carbocycles. The van der Waals surface area contributed by atoms with Crippen molar-refractivity contribution in [2.75, 3.05) is 6.54 Å². The topological polar surface area (TPSA) is 20.3 Å². The van der Waals surface area contributed by atoms with E-state index in [0.29, 0.717) is 11.5 Å². The first-order valence-corrected chi connectivity index (χ1v) is 6.51. The van der Waals surface area contributed by atoms with Crippen molar-refractivity contribution in [1.29, 1.82) is 0 Å². The van der Waals surface area contributed by atoms with Crippen LogP contribution in [0.25, 0.3) is 0 Å². The summed E-state index contributed by atoms with van der Waals surface area (Å²) >= 11 is 0. The van der Waals surface area contributed by atoms with Gasteiger partial charge in [0.05, 0.1) is 6.04 Å². The standard InChI is InChI=1S/C15H19NO/c1-3-15-9-13(15)10-16(11(2)17)14(15)12-7-5-4-6-8-12/h4-8,13-14H,3,9-10H2,1-2H3. The van der Waals surface area contributed by atoms with E-state index in [1.165, 1.54) is 18.4 Å². The van der Waals surface area contributed by atoms with Gasteiger partial charge in [-0.05, 0) is 29.7 Å². The maximum atomic E-state index is 11.8. The van der Waals surface area contributed by atoms with E-state index in [1.54, 1.807) is 6.92 Å². The number of piperidine rings is 1. The van der Waals surface area contributed by atoms with Gasteiger partial charge in [0.2, 0.25) is 5.91 Å². The number of nitrogens with zero attached hydrogens (tertiary/aromatic N) is 1. The van der Waals surface area contributed by atoms with Gasteiger partial charge in [-0.15, -0.1) is 0 Å². The molecule has 90 valence electrons. The summed E-state index contributed by atoms with van der Waals surface area (Å²) in [7, 11) is 0. The Morgan fingerprint density at radius 1 is 1.41 bits per heavy atom. The number of carbonyl (C=O) groups is 1. The molecule has 1 aromatic rings. The lowest BCUT2D eigenvalue weighted by Gasteiger charge is -2.31. The quantitative estimate of drug-likeness (QED) is 0.763. The highest BCUT2D eigenvalue weighted by atomic mass is 16.2. The fourth-order valence-electron chi connectivity index (χ4n) is 3.72. The maximum Gasteiger partial charge on any atom is 0.219 e. The minimum Gasteiger partial charge on any atom is -0.335 e. The van der Waals surface area contributed by atoms with Gasteiger partial charge in [0, 0.05) is 13.5 Å². The summed E-state index contributed by atoms with van der Waals surface area (Å²) in [4.78, 5) is 13.9. The van der Waals surface area contributed by atoms with Gasteiger partial charge in [-0.25, -0.2) is 0 Å². The second-order valence-electron chi connectivity index (χ2n) is 5.47. The molecule has 2 aliphatic rings. The smallest absolute Gasteiger partial charge is 0.219 e. The summed E-state index contributed by atoms with van der Waals surface area (Å²) in [6, 6.07) is 10.8. The molecule has 1 aromatic carbocycles. The third kappa shape index (κ3) is 1.43. The second kappa shape index (κ2) is 3.59. The van der Waals surface area contributed by atoms with Crippen LogP contribution < -0.4 is 0 Å². The van der Waals surface area contributed by atoms with Crippen molar-refractivity contribution in [2.45, 2.75) is 32.7 Å². The van der Waals surface area contributed by atoms with Crippen LogP contribution in [0.2, 0.25) is 0 Å². The van der Waals surface area contributed by atoms with E-state index in [0.717, 1.165) is 12.5 Å². The number of carbonyl (C=O) groups excluding carboxylic acids is 1. The van der Waals surface area contributed by atoms with Gasteiger partial charge in [0.1, 0.15) is 0 Å². The Morgan fingerprint density at radius 2 is 2.12 bits per heavy atom. The largest absolute Gasteiger partial charge is 0.335 e. The van der Waals surface area contributed by atoms with Gasteiger partial charge in [-0.1, -0.05) is 37.3 Å². The molecule has 1 aliphatic heterocycles. The molecule has 2 heteroatoms. The van der Waals surface area contributed by atoms with Crippen LogP contribution >= 0.6 is 0 Å². The van der Waals surface area contributed by atoms with Gasteiger partial charge in [0.25, 0.3) is 0 Å². The number of rotatable bonds is 2. The van der Waals surface area contributed by atoms with Crippen molar-refractivity contribution in [1.82, 2.24) is 4.90 Å². The Kier molecular flexibility index (Phi) is 2.29. The van der Waals surface area contributed by atoms with Crippen LogP contribution in [0.3, 0.4) is 0 Å². The third-order valence-corrected chi connectivity index (χ3v) is 4.73. The van der Waals surface area contributed by atoms with E-state index in [-0.39, 0.29) is 5.91 Å². The SMILES string of the molecule is CCC12CC1CN(C(C)=O)C2c1ccccc1. The first-order chi connectivity index (χ1) is 8.19. The zero-order valence-electron chi connectivity index (χ0n) is 10.5. The van der Waals surface area contributed by atoms with Gasteiger partial charge in [-0.2, -0.15) is 0 Å². The summed E-state index contributed by atoms with van der Waals surface area (Å²) in [5.41, 5.74) is 1.69. The van der Waals surface area contributed by atoms with E-state index in [2.05, 4.69) is 36.1 Å². The average molecular weight is 229 g/mol. The molecule has 17 heavy (non-hydrogen) atoms. The number of likely N-dealkylation sites (tertiary alicyclic amines) is 1. The summed E-state index contributed by atoms with van der Waals surface area (Å²) in [6.45, 7) is 4.92. The lowest BCUT2D eigenvalue weighted by Crippen LogP contribution is -2.33. The molecule has 1 saturated heterocycles. The molecular weight excluding hydrogens is 210 g/mol. The number of amides is 1. The molecule has 0 radical (unpaired) electrons. The molecule has 2 fully saturated rings. The lowest BCUT2D eigenvalue weighted by molar-refractivity contribution is -0.131. The van der Waals surface area contributed by atoms with Crippen molar-refractivity contribution < 1.29 is 4.79 Å². The van der Waals surface area contributed by atoms with Gasteiger partial charge in [0.15, 0.2) is 0 Å². The summed E-state index contributed by atoms with van der Waals surface area (Å²) in [5.74, 6) is 0.959. The number of hydrogen-bond donors (Lipinski definition) is 0. The van der Waals surface area contributed by atoms with Crippen LogP contribution in [0.15, 0.2) is 30.3 Å². The van der Waals surface area contributed by atoms with Crippen LogP contribution in [-0.4, -0.2) is 17.4 Å². The zero-order valence-corrected chi connectivity index (χ0v) is 10.5. The Balaban J connectivity index is 2.00. The number of hydrogen-bond acceptors (Lipinski definition) is 1. The average Bonchev–Trinajstić information content (AvgIpc) is 2.96. The Hall–Kier alpha value is -1.31. The van der Waals surface area contributed by atoms with Crippen LogP contribution in [0.5, 0.6) is 0 Å². The van der Waals surface area contributed by atoms with Gasteiger partial charge < -0.3 is 4.90 Å². The highest BCUT2D eigenvalue weighted by Gasteiger charge is 2.65. The molecule has 3 atom stereocenters. The second-order valence-corrected chi connectivity index (χ2v) is 5.47. The van der Waals surface area contributed by atoms with E-state index in [4.69, 9.17) is 0 Å². The molecular formula is C15H19NO. The Labute approximate surface area is 103 Å². The normalized spacial score (nSPS) is 34.6. The summed E-state index contributed by atoms with van der Waals surface area (Å²) in [6.07, 6.45) is 2.48. The first kappa shape index (κ1) is 10.8. The predicted molar refractivity (Wildman–Crippen MR) is 67.4 cm³/mol. The molecule has 1 amide bonds. The van der Waals surface area contributed by atoms with Crippen LogP contribution in [0, 0.1) is 11.3 Å². The van der Waals surface area contributed by atoms with Crippen molar-refractivity contribution in [3.05, 3.63) is 35.9 Å². The molecule has 0 spiro atoms. The highest BCUT2D eigenvalue weighted by Crippen LogP contribution is 2.69. The molecule has 0 aromatic heterocycles. The highest BCUT2D eigenvalue weighted by molar-refractivity contribution is 5.75. The molecule has 0 N–H and O–H groups in total. The molecule has 3 rings (SSSR count). The Morgan fingerprint density at radius 3 is 2.71 bits per heavy atom. The minimum atomic E-state index is 0.221. The van der Waals surface area contributed by atoms with Crippen molar-refractivity contribution in [3.63, 3.8) is 0 Å². The maximum absolute atomic E-state index is 11.8. The van der Waals surface area contributed by atoms with E-state index in [9.17, 15) is 4.79 Å². The van der Waals surface area contributed by atoms with E-state index >= 15 is 0 Å². The van der Waals surface area contributed by atoms with Gasteiger partial charge >= 0.3 is 0 Å². The number of fused-ring (bicyclic) bond motifs is 1. The molecule has 2 nitrogen and oxygen atoms in total. The molecule has 3 unspecified atom stereocenters. The summed E-state index contributed by atoms with van der Waals surface area (Å²) < 4.78 is 0. The van der Waals surface area contributed by atoms with Crippen LogP contribution in [-0.2, 0) is 4.79 Å². The van der Waals surface area contributed by atoms with Crippen molar-refractivity contribution in [2.24, 2.45) is 11.3 Å². The number of benzene rings is 1. The molecule has 1 heterocycles. The van der Waals surface area contributed by atoms with E-state index in [1.807, 2.05) is 6.07 Å². The van der Waals surface area contributed by atoms with Gasteiger partial charge in [-0.3, -0.25) is 4.79 Å². The zero-order chi connectivity index (χ0) is 12.0. The van der Waals surface area contributed by atoms with E-state index < -0.39 is 0 Å². The lowest BCUT2D eigenvalue weighted by atomic mass is 9.87. The summed E-state index contributed by atoms with van der Waals surface area (Å²) in [5, 5.41) is 0. The third-order valence-electron chi connectivity index (χ3n) is 4.73. The molecule has 0 bridgehead atoms.